The predicted molar refractivity (Wildman–Crippen MR) is 177 cm³/mol. The number of benzene rings is 4. The molecule has 0 saturated heterocycles. The molecule has 9 heteroatoms. The van der Waals surface area contributed by atoms with Crippen LogP contribution in [0.4, 0.5) is 11.4 Å². The molecule has 0 aliphatic rings. The summed E-state index contributed by atoms with van der Waals surface area (Å²) < 4.78 is 0. The molecule has 0 aliphatic carbocycles. The highest BCUT2D eigenvalue weighted by molar-refractivity contribution is 6.08. The van der Waals surface area contributed by atoms with E-state index < -0.39 is 29.9 Å². The Kier molecular flexibility index (Phi) is 11.4. The van der Waals surface area contributed by atoms with E-state index in [2.05, 4.69) is 24.5 Å². The number of rotatable bonds is 14. The van der Waals surface area contributed by atoms with Crippen molar-refractivity contribution in [3.05, 3.63) is 129 Å². The zero-order valence-corrected chi connectivity index (χ0v) is 25.9. The van der Waals surface area contributed by atoms with Gasteiger partial charge in [0, 0.05) is 11.1 Å². The van der Waals surface area contributed by atoms with Gasteiger partial charge < -0.3 is 26.0 Å². The van der Waals surface area contributed by atoms with Gasteiger partial charge in [-0.05, 0) is 96.5 Å². The number of nitrogens with one attached hydrogen (secondary N) is 2. The second-order valence-corrected chi connectivity index (χ2v) is 11.1. The Hall–Kier alpha value is -5.28. The fraction of sp³-hybridized carbons (Fsp3) is 0.243. The van der Waals surface area contributed by atoms with Gasteiger partial charge >= 0.3 is 11.9 Å². The van der Waals surface area contributed by atoms with Crippen LogP contribution in [0.15, 0.2) is 84.9 Å². The Morgan fingerprint density at radius 2 is 0.957 bits per heavy atom. The monoisotopic (exact) mass is 622 g/mol. The molecule has 4 rings (SSSR count). The molecule has 0 unspecified atom stereocenters. The largest absolute Gasteiger partial charge is 0.478 e. The topological polar surface area (TPSA) is 153 Å². The minimum Gasteiger partial charge on any atom is -0.478 e. The van der Waals surface area contributed by atoms with Crippen LogP contribution in [0.5, 0.6) is 0 Å². The Balaban J connectivity index is 1.52. The van der Waals surface area contributed by atoms with E-state index in [1.165, 1.54) is 36.4 Å². The number of carbonyl (C=O) groups is 4. The van der Waals surface area contributed by atoms with Crippen LogP contribution in [-0.4, -0.2) is 39.1 Å². The lowest BCUT2D eigenvalue weighted by molar-refractivity contribution is 0.0687. The molecule has 0 heterocycles. The summed E-state index contributed by atoms with van der Waals surface area (Å²) in [6.45, 7) is 4.21. The van der Waals surface area contributed by atoms with Crippen molar-refractivity contribution in [1.29, 1.82) is 0 Å². The van der Waals surface area contributed by atoms with E-state index in [0.717, 1.165) is 49.7 Å². The number of unbranched alkanes of at least 4 members (excludes halogenated alkanes) is 2. The molecular formula is C37H38N2O7. The zero-order valence-electron chi connectivity index (χ0n) is 25.9. The van der Waals surface area contributed by atoms with Gasteiger partial charge in [0.05, 0.1) is 22.5 Å². The number of carboxylic acid groups (broad SMARTS) is 2. The van der Waals surface area contributed by atoms with E-state index in [4.69, 9.17) is 0 Å². The molecule has 9 nitrogen and oxygen atoms in total. The molecule has 0 spiro atoms. The number of carboxylic acids is 2. The second kappa shape index (κ2) is 15.6. The van der Waals surface area contributed by atoms with Crippen LogP contribution in [0.3, 0.4) is 0 Å². The van der Waals surface area contributed by atoms with Crippen LogP contribution < -0.4 is 10.6 Å². The van der Waals surface area contributed by atoms with E-state index in [9.17, 15) is 34.5 Å². The highest BCUT2D eigenvalue weighted by Crippen LogP contribution is 2.30. The molecule has 4 aromatic rings. The first kappa shape index (κ1) is 33.6. The highest BCUT2D eigenvalue weighted by Gasteiger charge is 2.21. The molecule has 46 heavy (non-hydrogen) atoms. The van der Waals surface area contributed by atoms with Gasteiger partial charge in [0.2, 0.25) is 0 Å². The first-order chi connectivity index (χ1) is 22.1. The number of aliphatic hydroxyl groups excluding tert-OH is 1. The summed E-state index contributed by atoms with van der Waals surface area (Å²) in [4.78, 5) is 50.0. The number of hydrogen-bond donors (Lipinski definition) is 5. The van der Waals surface area contributed by atoms with Crippen molar-refractivity contribution in [1.82, 2.24) is 0 Å². The van der Waals surface area contributed by atoms with E-state index in [1.54, 1.807) is 24.3 Å². The summed E-state index contributed by atoms with van der Waals surface area (Å²) in [5.41, 5.74) is 2.92. The van der Waals surface area contributed by atoms with Gasteiger partial charge in [-0.1, -0.05) is 63.1 Å². The van der Waals surface area contributed by atoms with E-state index in [1.807, 2.05) is 24.3 Å². The molecular weight excluding hydrogens is 584 g/mol. The molecule has 0 fully saturated rings. The molecule has 0 bridgehead atoms. The van der Waals surface area contributed by atoms with Crippen LogP contribution in [0.25, 0.3) is 0 Å². The number of aryl methyl sites for hydroxylation is 2. The Morgan fingerprint density at radius 3 is 1.28 bits per heavy atom. The SMILES string of the molecule is CCCCc1ccc(C(=O)Nc2ccc(C(O)c3ccc(NC(=O)c4ccc(CCCC)cc4)c(C(=O)O)c3)cc2C(=O)O)cc1. The summed E-state index contributed by atoms with van der Waals surface area (Å²) in [5.74, 6) is -3.59. The summed E-state index contributed by atoms with van der Waals surface area (Å²) in [6.07, 6.45) is 4.62. The first-order valence-corrected chi connectivity index (χ1v) is 15.3. The van der Waals surface area contributed by atoms with E-state index >= 15 is 0 Å². The lowest BCUT2D eigenvalue weighted by Crippen LogP contribution is -2.16. The van der Waals surface area contributed by atoms with Crippen molar-refractivity contribution in [2.75, 3.05) is 10.6 Å². The van der Waals surface area contributed by atoms with Gasteiger partial charge in [0.25, 0.3) is 11.8 Å². The molecule has 0 saturated carbocycles. The van der Waals surface area contributed by atoms with Crippen molar-refractivity contribution in [3.8, 4) is 0 Å². The Labute approximate surface area is 267 Å². The molecule has 0 aliphatic heterocycles. The van der Waals surface area contributed by atoms with Gasteiger partial charge in [-0.25, -0.2) is 9.59 Å². The third-order valence-electron chi connectivity index (χ3n) is 7.75. The number of aromatic carboxylic acids is 2. The smallest absolute Gasteiger partial charge is 0.337 e. The Morgan fingerprint density at radius 1 is 0.587 bits per heavy atom. The quantitative estimate of drug-likeness (QED) is 0.0985. The molecule has 5 N–H and O–H groups in total. The van der Waals surface area contributed by atoms with E-state index in [-0.39, 0.29) is 33.6 Å². The van der Waals surface area contributed by atoms with Crippen molar-refractivity contribution in [2.24, 2.45) is 0 Å². The minimum absolute atomic E-state index is 0.0474. The van der Waals surface area contributed by atoms with Gasteiger partial charge in [-0.3, -0.25) is 9.59 Å². The maximum absolute atomic E-state index is 12.9. The molecule has 0 atom stereocenters. The third-order valence-corrected chi connectivity index (χ3v) is 7.75. The first-order valence-electron chi connectivity index (χ1n) is 15.3. The number of carbonyl (C=O) groups excluding carboxylic acids is 2. The predicted octanol–water partition coefficient (Wildman–Crippen LogP) is 7.35. The van der Waals surface area contributed by atoms with Gasteiger partial charge in [-0.2, -0.15) is 0 Å². The van der Waals surface area contributed by atoms with Crippen LogP contribution in [0, 0.1) is 0 Å². The maximum Gasteiger partial charge on any atom is 0.337 e. The van der Waals surface area contributed by atoms with Crippen molar-refractivity contribution < 1.29 is 34.5 Å². The number of aliphatic hydroxyl groups is 1. The van der Waals surface area contributed by atoms with Gasteiger partial charge in [0.15, 0.2) is 0 Å². The number of anilines is 2. The van der Waals surface area contributed by atoms with E-state index in [0.29, 0.717) is 11.1 Å². The van der Waals surface area contributed by atoms with Crippen molar-refractivity contribution in [3.63, 3.8) is 0 Å². The maximum atomic E-state index is 12.9. The molecule has 238 valence electrons. The molecule has 0 aromatic heterocycles. The lowest BCUT2D eigenvalue weighted by atomic mass is 9.96. The van der Waals surface area contributed by atoms with Gasteiger partial charge in [0.1, 0.15) is 6.10 Å². The summed E-state index contributed by atoms with van der Waals surface area (Å²) in [5, 5.41) is 36.1. The summed E-state index contributed by atoms with van der Waals surface area (Å²) in [6, 6.07) is 22.4. The lowest BCUT2D eigenvalue weighted by Gasteiger charge is -2.17. The van der Waals surface area contributed by atoms with Crippen LogP contribution in [-0.2, 0) is 12.8 Å². The average molecular weight is 623 g/mol. The standard InChI is InChI=1S/C37H38N2O7/c1-3-5-7-23-9-13-25(14-10-23)34(41)38-31-19-17-27(21-29(31)36(43)44)33(40)28-18-20-32(30(22-28)37(45)46)39-35(42)26-15-11-24(12-16-26)8-6-4-2/h9-22,33,40H,3-8H2,1-2H3,(H,38,41)(H,39,42)(H,43,44)(H,45,46). The summed E-state index contributed by atoms with van der Waals surface area (Å²) >= 11 is 0. The fourth-order valence-electron chi connectivity index (χ4n) is 5.02. The fourth-order valence-corrected chi connectivity index (χ4v) is 5.02. The van der Waals surface area contributed by atoms with Crippen molar-refractivity contribution in [2.45, 2.75) is 58.5 Å². The zero-order chi connectivity index (χ0) is 33.2. The van der Waals surface area contributed by atoms with Crippen molar-refractivity contribution >= 4 is 35.1 Å². The number of hydrogen-bond acceptors (Lipinski definition) is 5. The second-order valence-electron chi connectivity index (χ2n) is 11.1. The van der Waals surface area contributed by atoms with Crippen LogP contribution >= 0.6 is 0 Å². The summed E-state index contributed by atoms with van der Waals surface area (Å²) in [7, 11) is 0. The highest BCUT2D eigenvalue weighted by atomic mass is 16.4. The van der Waals surface area contributed by atoms with Crippen LogP contribution in [0.1, 0.15) is 109 Å². The third kappa shape index (κ3) is 8.46. The molecule has 0 radical (unpaired) electrons. The Bertz CT molecular complexity index is 1590. The number of amides is 2. The average Bonchev–Trinajstić information content (AvgIpc) is 3.06. The molecule has 4 aromatic carbocycles. The normalized spacial score (nSPS) is 10.9. The molecule has 2 amide bonds. The van der Waals surface area contributed by atoms with Gasteiger partial charge in [-0.15, -0.1) is 0 Å². The minimum atomic E-state index is -1.39. The van der Waals surface area contributed by atoms with Crippen LogP contribution in [0.2, 0.25) is 0 Å².